The standard InChI is InChI=1S/C17H12F6N4O/c18-11-8-13(20)12(19)7-10(11)3-1-2-4-15(28)26-5-6-27-14(9-26)24-25-16(27)17(21,22)23/h1,4,7-8H,3,5-6,9H2. The van der Waals surface area contributed by atoms with Gasteiger partial charge in [0, 0.05) is 31.7 Å². The summed E-state index contributed by atoms with van der Waals surface area (Å²) in [6.07, 6.45) is -2.48. The number of carbonyl (C=O) groups is 1. The van der Waals surface area contributed by atoms with Gasteiger partial charge in [-0.2, -0.15) is 13.2 Å². The Morgan fingerprint density at radius 2 is 1.82 bits per heavy atom. The molecule has 3 rings (SSSR count). The van der Waals surface area contributed by atoms with Gasteiger partial charge in [-0.1, -0.05) is 0 Å². The first kappa shape index (κ1) is 19.7. The molecule has 5 nitrogen and oxygen atoms in total. The first-order chi connectivity index (χ1) is 13.2. The lowest BCUT2D eigenvalue weighted by molar-refractivity contribution is -0.148. The van der Waals surface area contributed by atoms with Crippen molar-refractivity contribution < 1.29 is 31.1 Å². The molecule has 0 saturated heterocycles. The maximum absolute atomic E-state index is 13.5. The zero-order chi connectivity index (χ0) is 20.5. The molecule has 1 aliphatic heterocycles. The number of aromatic nitrogens is 3. The maximum atomic E-state index is 13.5. The lowest BCUT2D eigenvalue weighted by Gasteiger charge is -2.26. The summed E-state index contributed by atoms with van der Waals surface area (Å²) in [6, 6.07) is 1.13. The number of nitrogens with zero attached hydrogens (tertiary/aromatic N) is 4. The lowest BCUT2D eigenvalue weighted by atomic mass is 10.1. The van der Waals surface area contributed by atoms with Gasteiger partial charge in [-0.3, -0.25) is 4.79 Å². The average Bonchev–Trinajstić information content (AvgIpc) is 3.06. The van der Waals surface area contributed by atoms with E-state index >= 15 is 0 Å². The van der Waals surface area contributed by atoms with Crippen LogP contribution in [0.15, 0.2) is 30.0 Å². The Morgan fingerprint density at radius 1 is 1.11 bits per heavy atom. The number of benzene rings is 1. The Labute approximate surface area is 154 Å². The van der Waals surface area contributed by atoms with E-state index in [0.29, 0.717) is 12.1 Å². The third-order valence-corrected chi connectivity index (χ3v) is 4.05. The molecule has 0 fully saturated rings. The Bertz CT molecular complexity index is 975. The summed E-state index contributed by atoms with van der Waals surface area (Å²) < 4.78 is 78.8. The fraction of sp³-hybridized carbons (Fsp3) is 0.294. The van der Waals surface area contributed by atoms with Crippen LogP contribution in [0, 0.1) is 17.5 Å². The molecule has 0 radical (unpaired) electrons. The van der Waals surface area contributed by atoms with Gasteiger partial charge in [0.1, 0.15) is 5.82 Å². The van der Waals surface area contributed by atoms with Crippen molar-refractivity contribution in [2.75, 3.05) is 6.54 Å². The van der Waals surface area contributed by atoms with Crippen LogP contribution in [0.1, 0.15) is 17.2 Å². The van der Waals surface area contributed by atoms with Gasteiger partial charge in [0.05, 0.1) is 6.54 Å². The summed E-state index contributed by atoms with van der Waals surface area (Å²) in [5.74, 6) is -5.07. The number of alkyl halides is 3. The van der Waals surface area contributed by atoms with Gasteiger partial charge < -0.3 is 9.47 Å². The monoisotopic (exact) mass is 402 g/mol. The van der Waals surface area contributed by atoms with Crippen LogP contribution in [0.25, 0.3) is 0 Å². The fourth-order valence-electron chi connectivity index (χ4n) is 2.67. The third-order valence-electron chi connectivity index (χ3n) is 4.05. The highest BCUT2D eigenvalue weighted by molar-refractivity contribution is 5.87. The molecule has 0 atom stereocenters. The molecule has 28 heavy (non-hydrogen) atoms. The van der Waals surface area contributed by atoms with E-state index in [1.165, 1.54) is 11.0 Å². The van der Waals surface area contributed by atoms with Crippen molar-refractivity contribution in [1.29, 1.82) is 0 Å². The Hall–Kier alpha value is -3.07. The highest BCUT2D eigenvalue weighted by Crippen LogP contribution is 2.29. The summed E-state index contributed by atoms with van der Waals surface area (Å²) in [7, 11) is 0. The topological polar surface area (TPSA) is 51.0 Å². The SMILES string of the molecule is O=C(C=C=CCc1cc(F)c(F)cc1F)N1CCn2c(nnc2C(F)(F)F)C1. The molecule has 0 saturated carbocycles. The number of hydrogen-bond donors (Lipinski definition) is 0. The molecule has 11 heteroatoms. The van der Waals surface area contributed by atoms with Crippen molar-refractivity contribution in [2.24, 2.45) is 0 Å². The Kier molecular flexibility index (Phi) is 5.28. The third kappa shape index (κ3) is 4.09. The van der Waals surface area contributed by atoms with E-state index in [9.17, 15) is 31.1 Å². The van der Waals surface area contributed by atoms with Crippen LogP contribution in [-0.2, 0) is 30.5 Å². The molecule has 0 bridgehead atoms. The molecular weight excluding hydrogens is 390 g/mol. The van der Waals surface area contributed by atoms with Gasteiger partial charge in [-0.05, 0) is 17.7 Å². The fourth-order valence-corrected chi connectivity index (χ4v) is 2.67. The second-order valence-corrected chi connectivity index (χ2v) is 5.93. The van der Waals surface area contributed by atoms with Gasteiger partial charge in [0.25, 0.3) is 5.91 Å². The first-order valence-electron chi connectivity index (χ1n) is 7.99. The second kappa shape index (κ2) is 7.51. The van der Waals surface area contributed by atoms with Crippen LogP contribution in [0.2, 0.25) is 0 Å². The molecule has 0 unspecified atom stereocenters. The van der Waals surface area contributed by atoms with E-state index in [1.807, 2.05) is 0 Å². The van der Waals surface area contributed by atoms with Crippen molar-refractivity contribution >= 4 is 5.91 Å². The van der Waals surface area contributed by atoms with Crippen molar-refractivity contribution in [1.82, 2.24) is 19.7 Å². The van der Waals surface area contributed by atoms with Gasteiger partial charge >= 0.3 is 6.18 Å². The molecule has 0 aliphatic carbocycles. The Morgan fingerprint density at radius 3 is 2.54 bits per heavy atom. The second-order valence-electron chi connectivity index (χ2n) is 5.93. The summed E-state index contributed by atoms with van der Waals surface area (Å²) in [6.45, 7) is -0.249. The smallest absolute Gasteiger partial charge is 0.329 e. The van der Waals surface area contributed by atoms with E-state index in [-0.39, 0.29) is 37.4 Å². The van der Waals surface area contributed by atoms with E-state index in [2.05, 4.69) is 15.9 Å². The van der Waals surface area contributed by atoms with Gasteiger partial charge in [-0.15, -0.1) is 15.9 Å². The predicted molar refractivity (Wildman–Crippen MR) is 83.1 cm³/mol. The number of amides is 1. The summed E-state index contributed by atoms with van der Waals surface area (Å²) in [5, 5.41) is 6.58. The number of fused-ring (bicyclic) bond motifs is 1. The van der Waals surface area contributed by atoms with Crippen molar-refractivity contribution in [3.8, 4) is 0 Å². The largest absolute Gasteiger partial charge is 0.451 e. The molecule has 2 heterocycles. The molecule has 1 aliphatic rings. The molecule has 1 aromatic heterocycles. The minimum absolute atomic E-state index is 0.00756. The van der Waals surface area contributed by atoms with Crippen LogP contribution in [0.4, 0.5) is 26.3 Å². The number of rotatable bonds is 3. The number of hydrogen-bond acceptors (Lipinski definition) is 3. The summed E-state index contributed by atoms with van der Waals surface area (Å²) in [4.78, 5) is 13.4. The van der Waals surface area contributed by atoms with E-state index in [1.54, 1.807) is 0 Å². The van der Waals surface area contributed by atoms with Crippen LogP contribution >= 0.6 is 0 Å². The zero-order valence-corrected chi connectivity index (χ0v) is 14.1. The van der Waals surface area contributed by atoms with Crippen LogP contribution < -0.4 is 0 Å². The van der Waals surface area contributed by atoms with Crippen molar-refractivity contribution in [3.05, 3.63) is 64.7 Å². The molecule has 0 spiro atoms. The molecule has 1 amide bonds. The highest BCUT2D eigenvalue weighted by atomic mass is 19.4. The van der Waals surface area contributed by atoms with Gasteiger partial charge in [0.15, 0.2) is 17.5 Å². The highest BCUT2D eigenvalue weighted by Gasteiger charge is 2.39. The lowest BCUT2D eigenvalue weighted by Crippen LogP contribution is -2.38. The predicted octanol–water partition coefficient (Wildman–Crippen LogP) is 3.01. The molecule has 1 aromatic carbocycles. The van der Waals surface area contributed by atoms with Crippen molar-refractivity contribution in [3.63, 3.8) is 0 Å². The summed E-state index contributed by atoms with van der Waals surface area (Å²) >= 11 is 0. The van der Waals surface area contributed by atoms with E-state index in [4.69, 9.17) is 0 Å². The molecule has 148 valence electrons. The summed E-state index contributed by atoms with van der Waals surface area (Å²) in [5.41, 5.74) is 2.39. The average molecular weight is 402 g/mol. The van der Waals surface area contributed by atoms with Crippen LogP contribution in [0.3, 0.4) is 0 Å². The van der Waals surface area contributed by atoms with Crippen LogP contribution in [0.5, 0.6) is 0 Å². The van der Waals surface area contributed by atoms with E-state index < -0.39 is 35.4 Å². The minimum atomic E-state index is -4.63. The first-order valence-corrected chi connectivity index (χ1v) is 7.99. The van der Waals surface area contributed by atoms with Gasteiger partial charge in [-0.25, -0.2) is 13.2 Å². The zero-order valence-electron chi connectivity index (χ0n) is 14.1. The quantitative estimate of drug-likeness (QED) is 0.343. The maximum Gasteiger partial charge on any atom is 0.451 e. The van der Waals surface area contributed by atoms with E-state index in [0.717, 1.165) is 10.6 Å². The van der Waals surface area contributed by atoms with Crippen LogP contribution in [-0.4, -0.2) is 32.1 Å². The van der Waals surface area contributed by atoms with Crippen molar-refractivity contribution in [2.45, 2.75) is 25.7 Å². The Balaban J connectivity index is 1.65. The molecular formula is C17H12F6N4O. The van der Waals surface area contributed by atoms with Gasteiger partial charge in [0.2, 0.25) is 5.82 Å². The molecule has 0 N–H and O–H groups in total. The normalized spacial score (nSPS) is 13.7. The number of halogens is 6. The number of carbonyl (C=O) groups excluding carboxylic acids is 1. The minimum Gasteiger partial charge on any atom is -0.329 e. The molecule has 2 aromatic rings.